The maximum Gasteiger partial charge on any atom is 0.335 e. The molecule has 0 aromatic heterocycles. The van der Waals surface area contributed by atoms with Gasteiger partial charge in [-0.25, -0.2) is 4.79 Å². The van der Waals surface area contributed by atoms with Gasteiger partial charge in [-0.1, -0.05) is 0 Å². The maximum absolute atomic E-state index is 11.1. The highest BCUT2D eigenvalue weighted by Crippen LogP contribution is 2.30. The lowest BCUT2D eigenvalue weighted by atomic mass is 10.1. The second kappa shape index (κ2) is 5.54. The first-order valence-electron chi connectivity index (χ1n) is 5.81. The van der Waals surface area contributed by atoms with Crippen LogP contribution in [0, 0.1) is 21.4 Å². The molecule has 20 heavy (non-hydrogen) atoms. The average molecular weight is 277 g/mol. The van der Waals surface area contributed by atoms with Crippen molar-refractivity contribution >= 4 is 17.3 Å². The molecule has 2 rings (SSSR count). The van der Waals surface area contributed by atoms with E-state index >= 15 is 0 Å². The zero-order valence-corrected chi connectivity index (χ0v) is 10.4. The van der Waals surface area contributed by atoms with E-state index < -0.39 is 17.0 Å². The van der Waals surface area contributed by atoms with Crippen molar-refractivity contribution in [3.63, 3.8) is 0 Å². The molecule has 0 saturated carbocycles. The third kappa shape index (κ3) is 2.67. The molecule has 1 aliphatic rings. The van der Waals surface area contributed by atoms with E-state index in [1.165, 1.54) is 12.1 Å². The van der Waals surface area contributed by atoms with Crippen LogP contribution in [-0.2, 0) is 4.74 Å². The number of aromatic carboxylic acids is 1. The molecule has 0 bridgehead atoms. The molecule has 0 radical (unpaired) electrons. The highest BCUT2D eigenvalue weighted by Gasteiger charge is 2.26. The number of benzene rings is 1. The summed E-state index contributed by atoms with van der Waals surface area (Å²) in [7, 11) is 0. The van der Waals surface area contributed by atoms with Crippen LogP contribution >= 0.6 is 0 Å². The number of nitro groups is 1. The number of carboxylic acid groups (broad SMARTS) is 1. The SMILES string of the molecule is N#CC1CN(c2ccc(C(=O)O)cc2[N+](=O)[O-])CCO1. The molecule has 1 fully saturated rings. The Balaban J connectivity index is 2.38. The van der Waals surface area contributed by atoms with Crippen LogP contribution in [0.3, 0.4) is 0 Å². The summed E-state index contributed by atoms with van der Waals surface area (Å²) < 4.78 is 5.17. The van der Waals surface area contributed by atoms with E-state index in [4.69, 9.17) is 15.1 Å². The number of nitriles is 1. The number of hydrogen-bond acceptors (Lipinski definition) is 6. The molecule has 8 nitrogen and oxygen atoms in total. The molecule has 1 aromatic rings. The van der Waals surface area contributed by atoms with Gasteiger partial charge in [0.2, 0.25) is 0 Å². The number of anilines is 1. The molecular formula is C12H11N3O5. The van der Waals surface area contributed by atoms with Crippen LogP contribution in [0.2, 0.25) is 0 Å². The number of hydrogen-bond donors (Lipinski definition) is 1. The van der Waals surface area contributed by atoms with Crippen molar-refractivity contribution in [2.45, 2.75) is 6.10 Å². The summed E-state index contributed by atoms with van der Waals surface area (Å²) in [6.07, 6.45) is -0.650. The predicted octanol–water partition coefficient (Wildman–Crippen LogP) is 1.02. The molecule has 1 aliphatic heterocycles. The van der Waals surface area contributed by atoms with Gasteiger partial charge in [-0.3, -0.25) is 10.1 Å². The van der Waals surface area contributed by atoms with Gasteiger partial charge in [-0.05, 0) is 12.1 Å². The molecule has 8 heteroatoms. The van der Waals surface area contributed by atoms with Crippen molar-refractivity contribution in [2.24, 2.45) is 0 Å². The van der Waals surface area contributed by atoms with Crippen molar-refractivity contribution < 1.29 is 19.6 Å². The first-order valence-corrected chi connectivity index (χ1v) is 5.81. The van der Waals surface area contributed by atoms with Crippen molar-refractivity contribution in [3.8, 4) is 6.07 Å². The smallest absolute Gasteiger partial charge is 0.335 e. The largest absolute Gasteiger partial charge is 0.478 e. The van der Waals surface area contributed by atoms with Crippen molar-refractivity contribution in [2.75, 3.05) is 24.6 Å². The first-order chi connectivity index (χ1) is 9.52. The molecule has 0 aliphatic carbocycles. The monoisotopic (exact) mass is 277 g/mol. The van der Waals surface area contributed by atoms with Gasteiger partial charge in [0.1, 0.15) is 5.69 Å². The maximum atomic E-state index is 11.1. The lowest BCUT2D eigenvalue weighted by molar-refractivity contribution is -0.384. The Morgan fingerprint density at radius 3 is 2.95 bits per heavy atom. The minimum absolute atomic E-state index is 0.148. The Labute approximate surface area is 113 Å². The number of nitrogens with zero attached hydrogens (tertiary/aromatic N) is 3. The van der Waals surface area contributed by atoms with Gasteiger partial charge in [0, 0.05) is 12.6 Å². The summed E-state index contributed by atoms with van der Waals surface area (Å²) in [5.41, 5.74) is -0.141. The first kappa shape index (κ1) is 13.8. The van der Waals surface area contributed by atoms with Crippen LogP contribution in [0.4, 0.5) is 11.4 Å². The Bertz CT molecular complexity index is 595. The molecule has 0 amide bonds. The second-order valence-electron chi connectivity index (χ2n) is 4.20. The third-order valence-electron chi connectivity index (χ3n) is 2.97. The summed E-state index contributed by atoms with van der Waals surface area (Å²) in [5, 5.41) is 28.8. The van der Waals surface area contributed by atoms with E-state index in [-0.39, 0.29) is 24.4 Å². The summed E-state index contributed by atoms with van der Waals surface area (Å²) >= 11 is 0. The van der Waals surface area contributed by atoms with Gasteiger partial charge in [-0.2, -0.15) is 5.26 Å². The Morgan fingerprint density at radius 1 is 1.60 bits per heavy atom. The molecule has 1 atom stereocenters. The number of carboxylic acids is 1. The van der Waals surface area contributed by atoms with Gasteiger partial charge in [0.05, 0.1) is 29.7 Å². The number of carbonyl (C=O) groups is 1. The fraction of sp³-hybridized carbons (Fsp3) is 0.333. The molecule has 1 N–H and O–H groups in total. The normalized spacial score (nSPS) is 18.4. The van der Waals surface area contributed by atoms with Crippen LogP contribution in [0.5, 0.6) is 0 Å². The van der Waals surface area contributed by atoms with Gasteiger partial charge in [0.15, 0.2) is 6.10 Å². The summed E-state index contributed by atoms with van der Waals surface area (Å²) in [6.45, 7) is 0.908. The minimum atomic E-state index is -1.23. The van der Waals surface area contributed by atoms with Crippen LogP contribution < -0.4 is 4.90 Å². The highest BCUT2D eigenvalue weighted by atomic mass is 16.6. The van der Waals surface area contributed by atoms with E-state index in [0.29, 0.717) is 12.2 Å². The van der Waals surface area contributed by atoms with Gasteiger partial charge < -0.3 is 14.7 Å². The average Bonchev–Trinajstić information content (AvgIpc) is 2.46. The number of nitro benzene ring substituents is 1. The van der Waals surface area contributed by atoms with Crippen LogP contribution in [0.15, 0.2) is 18.2 Å². The summed E-state index contributed by atoms with van der Waals surface area (Å²) in [5.74, 6) is -1.23. The van der Waals surface area contributed by atoms with E-state index in [1.54, 1.807) is 4.90 Å². The second-order valence-corrected chi connectivity index (χ2v) is 4.20. The van der Waals surface area contributed by atoms with Crippen LogP contribution in [0.25, 0.3) is 0 Å². The molecule has 0 spiro atoms. The number of ether oxygens (including phenoxy) is 1. The van der Waals surface area contributed by atoms with Crippen molar-refractivity contribution in [1.29, 1.82) is 5.26 Å². The summed E-state index contributed by atoms with van der Waals surface area (Å²) in [6, 6.07) is 5.67. The molecule has 1 heterocycles. The van der Waals surface area contributed by atoms with Crippen LogP contribution in [0.1, 0.15) is 10.4 Å². The van der Waals surface area contributed by atoms with Crippen molar-refractivity contribution in [1.82, 2.24) is 0 Å². The topological polar surface area (TPSA) is 117 Å². The summed E-state index contributed by atoms with van der Waals surface area (Å²) in [4.78, 5) is 23.0. The Morgan fingerprint density at radius 2 is 2.35 bits per heavy atom. The predicted molar refractivity (Wildman–Crippen MR) is 67.6 cm³/mol. The fourth-order valence-electron chi connectivity index (χ4n) is 2.02. The van der Waals surface area contributed by atoms with Gasteiger partial charge >= 0.3 is 5.97 Å². The zero-order chi connectivity index (χ0) is 14.7. The lowest BCUT2D eigenvalue weighted by Gasteiger charge is -2.31. The highest BCUT2D eigenvalue weighted by molar-refractivity contribution is 5.89. The molecule has 104 valence electrons. The molecular weight excluding hydrogens is 266 g/mol. The molecule has 1 saturated heterocycles. The Kier molecular flexibility index (Phi) is 3.81. The van der Waals surface area contributed by atoms with E-state index in [2.05, 4.69) is 0 Å². The quantitative estimate of drug-likeness (QED) is 0.647. The minimum Gasteiger partial charge on any atom is -0.478 e. The van der Waals surface area contributed by atoms with Gasteiger partial charge in [0.25, 0.3) is 5.69 Å². The zero-order valence-electron chi connectivity index (χ0n) is 10.4. The van der Waals surface area contributed by atoms with Gasteiger partial charge in [-0.15, -0.1) is 0 Å². The Hall–Kier alpha value is -2.66. The third-order valence-corrected chi connectivity index (χ3v) is 2.97. The van der Waals surface area contributed by atoms with Crippen LogP contribution in [-0.4, -0.2) is 41.8 Å². The number of morpholine rings is 1. The van der Waals surface area contributed by atoms with E-state index in [0.717, 1.165) is 6.07 Å². The lowest BCUT2D eigenvalue weighted by Crippen LogP contribution is -2.42. The fourth-order valence-corrected chi connectivity index (χ4v) is 2.02. The standard InChI is InChI=1S/C12H11N3O5/c13-6-9-7-14(3-4-20-9)10-2-1-8(12(16)17)5-11(10)15(18)19/h1-2,5,9H,3-4,7H2,(H,16,17). The van der Waals surface area contributed by atoms with E-state index in [9.17, 15) is 14.9 Å². The van der Waals surface area contributed by atoms with E-state index in [1.807, 2.05) is 6.07 Å². The molecule has 1 aromatic carbocycles. The molecule has 1 unspecified atom stereocenters. The van der Waals surface area contributed by atoms with Crippen molar-refractivity contribution in [3.05, 3.63) is 33.9 Å². The number of rotatable bonds is 3.